The second kappa shape index (κ2) is 7.51. The lowest BCUT2D eigenvalue weighted by Gasteiger charge is -2.13. The van der Waals surface area contributed by atoms with E-state index in [1.807, 2.05) is 0 Å². The molecule has 1 N–H and O–H groups in total. The van der Waals surface area contributed by atoms with E-state index in [2.05, 4.69) is 10.3 Å². The Morgan fingerprint density at radius 1 is 0.966 bits per heavy atom. The molecule has 0 atom stereocenters. The Kier molecular flexibility index (Phi) is 4.74. The molecule has 4 aromatic rings. The number of carbonyl (C=O) groups is 1. The lowest BCUT2D eigenvalue weighted by atomic mass is 10.3. The summed E-state index contributed by atoms with van der Waals surface area (Å²) in [5.74, 6) is -1.02. The van der Waals surface area contributed by atoms with Crippen LogP contribution in [0.5, 0.6) is 0 Å². The normalized spacial score (nSPS) is 10.8. The van der Waals surface area contributed by atoms with Crippen molar-refractivity contribution in [3.63, 3.8) is 0 Å². The number of nitrogens with one attached hydrogen (secondary N) is 1. The third kappa shape index (κ3) is 3.55. The van der Waals surface area contributed by atoms with Gasteiger partial charge in [-0.05, 0) is 48.5 Å². The molecule has 4 rings (SSSR count). The van der Waals surface area contributed by atoms with E-state index in [1.165, 1.54) is 35.0 Å². The SMILES string of the molecule is O=C(Cn1c(=O)c2cccnc2n(-c2ccccc2)c1=O)Nc1ccc(F)cc1. The van der Waals surface area contributed by atoms with E-state index >= 15 is 0 Å². The first-order valence-electron chi connectivity index (χ1n) is 8.76. The Balaban J connectivity index is 1.80. The quantitative estimate of drug-likeness (QED) is 0.580. The van der Waals surface area contributed by atoms with Crippen molar-refractivity contribution in [2.45, 2.75) is 6.54 Å². The zero-order chi connectivity index (χ0) is 20.4. The fraction of sp³-hybridized carbons (Fsp3) is 0.0476. The van der Waals surface area contributed by atoms with E-state index < -0.39 is 29.5 Å². The van der Waals surface area contributed by atoms with Crippen molar-refractivity contribution in [1.29, 1.82) is 0 Å². The third-order valence-electron chi connectivity index (χ3n) is 4.34. The summed E-state index contributed by atoms with van der Waals surface area (Å²) >= 11 is 0. The molecule has 0 radical (unpaired) electrons. The van der Waals surface area contributed by atoms with Gasteiger partial charge in [0.1, 0.15) is 12.4 Å². The first-order valence-corrected chi connectivity index (χ1v) is 8.76. The second-order valence-corrected chi connectivity index (χ2v) is 6.27. The van der Waals surface area contributed by atoms with Gasteiger partial charge in [0, 0.05) is 11.9 Å². The fourth-order valence-corrected chi connectivity index (χ4v) is 3.01. The van der Waals surface area contributed by atoms with Gasteiger partial charge in [-0.1, -0.05) is 18.2 Å². The maximum atomic E-state index is 13.1. The Hall–Kier alpha value is -4.07. The summed E-state index contributed by atoms with van der Waals surface area (Å²) in [4.78, 5) is 42.6. The summed E-state index contributed by atoms with van der Waals surface area (Å²) in [6.07, 6.45) is 1.49. The van der Waals surface area contributed by atoms with Crippen LogP contribution >= 0.6 is 0 Å². The van der Waals surface area contributed by atoms with Crippen LogP contribution in [0.2, 0.25) is 0 Å². The summed E-state index contributed by atoms with van der Waals surface area (Å²) in [6.45, 7) is -0.493. The Morgan fingerprint density at radius 3 is 2.41 bits per heavy atom. The van der Waals surface area contributed by atoms with Crippen LogP contribution in [0, 0.1) is 5.82 Å². The molecular weight excluding hydrogens is 375 g/mol. The molecule has 0 unspecified atom stereocenters. The molecule has 0 aliphatic carbocycles. The van der Waals surface area contributed by atoms with Gasteiger partial charge in [-0.2, -0.15) is 0 Å². The average molecular weight is 390 g/mol. The van der Waals surface area contributed by atoms with Crippen LogP contribution < -0.4 is 16.6 Å². The van der Waals surface area contributed by atoms with E-state index in [-0.39, 0.29) is 11.0 Å². The van der Waals surface area contributed by atoms with Gasteiger partial charge in [-0.15, -0.1) is 0 Å². The van der Waals surface area contributed by atoms with Crippen molar-refractivity contribution in [3.05, 3.63) is 99.6 Å². The minimum absolute atomic E-state index is 0.212. The van der Waals surface area contributed by atoms with Crippen LogP contribution in [-0.2, 0) is 11.3 Å². The molecule has 0 aliphatic heterocycles. The van der Waals surface area contributed by atoms with Crippen LogP contribution in [0.25, 0.3) is 16.7 Å². The summed E-state index contributed by atoms with van der Waals surface area (Å²) in [6, 6.07) is 17.1. The molecule has 2 heterocycles. The molecule has 0 saturated carbocycles. The smallest absolute Gasteiger partial charge is 0.325 e. The number of pyridine rings is 1. The zero-order valence-electron chi connectivity index (χ0n) is 15.1. The van der Waals surface area contributed by atoms with E-state index in [1.54, 1.807) is 42.5 Å². The minimum atomic E-state index is -0.679. The predicted molar refractivity (Wildman–Crippen MR) is 107 cm³/mol. The number of fused-ring (bicyclic) bond motifs is 1. The van der Waals surface area contributed by atoms with Gasteiger partial charge in [-0.25, -0.2) is 23.3 Å². The van der Waals surface area contributed by atoms with Crippen molar-refractivity contribution in [2.75, 3.05) is 5.32 Å². The Morgan fingerprint density at radius 2 is 1.69 bits per heavy atom. The zero-order valence-corrected chi connectivity index (χ0v) is 15.1. The number of nitrogens with zero attached hydrogens (tertiary/aromatic N) is 3. The lowest BCUT2D eigenvalue weighted by Crippen LogP contribution is -2.42. The van der Waals surface area contributed by atoms with E-state index in [0.29, 0.717) is 11.4 Å². The molecular formula is C21H15FN4O3. The molecule has 8 heteroatoms. The number of anilines is 1. The number of hydrogen-bond acceptors (Lipinski definition) is 4. The molecule has 0 aliphatic rings. The van der Waals surface area contributed by atoms with Gasteiger partial charge in [0.15, 0.2) is 5.65 Å². The van der Waals surface area contributed by atoms with Crippen LogP contribution in [0.1, 0.15) is 0 Å². The second-order valence-electron chi connectivity index (χ2n) is 6.27. The molecule has 0 fully saturated rings. The third-order valence-corrected chi connectivity index (χ3v) is 4.34. The number of amides is 1. The predicted octanol–water partition coefficient (Wildman–Crippen LogP) is 2.33. The van der Waals surface area contributed by atoms with Crippen molar-refractivity contribution in [2.24, 2.45) is 0 Å². The summed E-state index contributed by atoms with van der Waals surface area (Å²) < 4.78 is 15.2. The summed E-state index contributed by atoms with van der Waals surface area (Å²) in [5, 5.41) is 2.76. The molecule has 2 aromatic heterocycles. The van der Waals surface area contributed by atoms with Crippen LogP contribution in [0.4, 0.5) is 10.1 Å². The highest BCUT2D eigenvalue weighted by Crippen LogP contribution is 2.12. The van der Waals surface area contributed by atoms with Gasteiger partial charge < -0.3 is 5.32 Å². The standard InChI is InChI=1S/C21H15FN4O3/c22-14-8-10-15(11-9-14)24-18(27)13-25-20(28)17-7-4-12-23-19(17)26(21(25)29)16-5-2-1-3-6-16/h1-12H,13H2,(H,24,27). The fourth-order valence-electron chi connectivity index (χ4n) is 3.01. The van der Waals surface area contributed by atoms with Crippen molar-refractivity contribution < 1.29 is 9.18 Å². The molecule has 0 bridgehead atoms. The van der Waals surface area contributed by atoms with Gasteiger partial charge in [0.05, 0.1) is 11.1 Å². The Bertz CT molecular complexity index is 1310. The van der Waals surface area contributed by atoms with Crippen molar-refractivity contribution >= 4 is 22.6 Å². The Labute approximate surface area is 163 Å². The molecule has 0 spiro atoms. The maximum Gasteiger partial charge on any atom is 0.337 e. The summed E-state index contributed by atoms with van der Waals surface area (Å²) in [5.41, 5.74) is -0.200. The number of para-hydroxylation sites is 1. The highest BCUT2D eigenvalue weighted by Gasteiger charge is 2.17. The van der Waals surface area contributed by atoms with E-state index in [9.17, 15) is 18.8 Å². The highest BCUT2D eigenvalue weighted by molar-refractivity contribution is 5.90. The topological polar surface area (TPSA) is 86.0 Å². The number of aromatic nitrogens is 3. The number of benzene rings is 2. The van der Waals surface area contributed by atoms with Crippen molar-refractivity contribution in [3.8, 4) is 5.69 Å². The first kappa shape index (κ1) is 18.3. The van der Waals surface area contributed by atoms with Crippen LogP contribution in [-0.4, -0.2) is 20.0 Å². The monoisotopic (exact) mass is 390 g/mol. The average Bonchev–Trinajstić information content (AvgIpc) is 2.74. The molecule has 144 valence electrons. The molecule has 1 amide bonds. The highest BCUT2D eigenvalue weighted by atomic mass is 19.1. The minimum Gasteiger partial charge on any atom is -0.325 e. The number of hydrogen-bond donors (Lipinski definition) is 1. The molecule has 7 nitrogen and oxygen atoms in total. The van der Waals surface area contributed by atoms with Crippen LogP contribution in [0.15, 0.2) is 82.5 Å². The van der Waals surface area contributed by atoms with Crippen LogP contribution in [0.3, 0.4) is 0 Å². The maximum absolute atomic E-state index is 13.1. The number of halogens is 1. The number of rotatable bonds is 4. The van der Waals surface area contributed by atoms with E-state index in [0.717, 1.165) is 4.57 Å². The van der Waals surface area contributed by atoms with Gasteiger partial charge in [-0.3, -0.25) is 9.59 Å². The van der Waals surface area contributed by atoms with Gasteiger partial charge in [0.2, 0.25) is 5.91 Å². The summed E-state index contributed by atoms with van der Waals surface area (Å²) in [7, 11) is 0. The van der Waals surface area contributed by atoms with Gasteiger partial charge >= 0.3 is 5.69 Å². The van der Waals surface area contributed by atoms with E-state index in [4.69, 9.17) is 0 Å². The number of carbonyl (C=O) groups excluding carboxylic acids is 1. The van der Waals surface area contributed by atoms with Gasteiger partial charge in [0.25, 0.3) is 5.56 Å². The molecule has 0 saturated heterocycles. The van der Waals surface area contributed by atoms with Crippen molar-refractivity contribution in [1.82, 2.24) is 14.1 Å². The molecule has 29 heavy (non-hydrogen) atoms. The lowest BCUT2D eigenvalue weighted by molar-refractivity contribution is -0.116. The molecule has 2 aromatic carbocycles. The first-order chi connectivity index (χ1) is 14.0. The largest absolute Gasteiger partial charge is 0.337 e.